The Bertz CT molecular complexity index is 1060. The second-order valence-electron chi connectivity index (χ2n) is 5.57. The van der Waals surface area contributed by atoms with Crippen molar-refractivity contribution < 1.29 is 4.74 Å². The summed E-state index contributed by atoms with van der Waals surface area (Å²) in [5.74, 6) is 1.46. The molecule has 0 N–H and O–H groups in total. The zero-order valence-electron chi connectivity index (χ0n) is 14.4. The van der Waals surface area contributed by atoms with E-state index in [1.165, 1.54) is 0 Å². The van der Waals surface area contributed by atoms with Gasteiger partial charge in [-0.15, -0.1) is 21.5 Å². The number of ether oxygens (including phenoxy) is 1. The molecular weight excluding hydrogens is 400 g/mol. The number of thiazole rings is 1. The van der Waals surface area contributed by atoms with Gasteiger partial charge in [-0.1, -0.05) is 53.7 Å². The van der Waals surface area contributed by atoms with E-state index in [9.17, 15) is 0 Å². The molecule has 4 rings (SSSR count). The third-order valence-corrected chi connectivity index (χ3v) is 6.10. The van der Waals surface area contributed by atoms with Crippen LogP contribution in [0.25, 0.3) is 16.3 Å². The number of methoxy groups -OCH3 is 1. The highest BCUT2D eigenvalue weighted by molar-refractivity contribution is 7.98. The summed E-state index contributed by atoms with van der Waals surface area (Å²) in [5.41, 5.74) is 2.84. The van der Waals surface area contributed by atoms with E-state index >= 15 is 0 Å². The van der Waals surface area contributed by atoms with Gasteiger partial charge in [-0.2, -0.15) is 0 Å². The zero-order valence-corrected chi connectivity index (χ0v) is 16.8. The molecular formula is C19H15ClN4OS2. The van der Waals surface area contributed by atoms with Crippen LogP contribution in [-0.2, 0) is 5.75 Å². The lowest BCUT2D eigenvalue weighted by Gasteiger charge is -2.10. The van der Waals surface area contributed by atoms with Crippen LogP contribution >= 0.6 is 34.7 Å². The Kier molecular flexibility index (Phi) is 5.42. The summed E-state index contributed by atoms with van der Waals surface area (Å²) < 4.78 is 7.36. The molecule has 0 atom stereocenters. The molecule has 0 bridgehead atoms. The van der Waals surface area contributed by atoms with E-state index in [4.69, 9.17) is 21.3 Å². The summed E-state index contributed by atoms with van der Waals surface area (Å²) in [6.07, 6.45) is 1.69. The number of rotatable bonds is 6. The monoisotopic (exact) mass is 414 g/mol. The molecule has 0 aliphatic rings. The predicted octanol–water partition coefficient (Wildman–Crippen LogP) is 5.35. The average Bonchev–Trinajstić information content (AvgIpc) is 3.36. The Morgan fingerprint density at radius 2 is 1.96 bits per heavy atom. The lowest BCUT2D eigenvalue weighted by molar-refractivity contribution is 0.412. The Hall–Kier alpha value is -2.35. The average molecular weight is 415 g/mol. The number of aromatic nitrogens is 4. The summed E-state index contributed by atoms with van der Waals surface area (Å²) >= 11 is 9.44. The van der Waals surface area contributed by atoms with Crippen molar-refractivity contribution in [1.29, 1.82) is 0 Å². The fourth-order valence-corrected chi connectivity index (χ4v) is 4.65. The minimum Gasteiger partial charge on any atom is -0.495 e. The highest BCUT2D eigenvalue weighted by atomic mass is 35.5. The Morgan fingerprint density at radius 3 is 2.81 bits per heavy atom. The van der Waals surface area contributed by atoms with Crippen molar-refractivity contribution >= 4 is 34.7 Å². The number of para-hydroxylation sites is 2. The van der Waals surface area contributed by atoms with Crippen LogP contribution in [0.15, 0.2) is 65.4 Å². The number of hydrogen-bond donors (Lipinski definition) is 0. The van der Waals surface area contributed by atoms with Gasteiger partial charge in [-0.3, -0.25) is 4.57 Å². The van der Waals surface area contributed by atoms with E-state index in [0.717, 1.165) is 32.9 Å². The molecule has 0 amide bonds. The predicted molar refractivity (Wildman–Crippen MR) is 110 cm³/mol. The largest absolute Gasteiger partial charge is 0.495 e. The van der Waals surface area contributed by atoms with Gasteiger partial charge in [0.2, 0.25) is 0 Å². The van der Waals surface area contributed by atoms with Gasteiger partial charge in [0.05, 0.1) is 23.5 Å². The van der Waals surface area contributed by atoms with E-state index in [1.54, 1.807) is 36.5 Å². The molecule has 136 valence electrons. The molecule has 0 aliphatic carbocycles. The van der Waals surface area contributed by atoms with Crippen LogP contribution in [-0.4, -0.2) is 26.9 Å². The van der Waals surface area contributed by atoms with Gasteiger partial charge in [-0.05, 0) is 18.2 Å². The minimum atomic E-state index is 0.689. The van der Waals surface area contributed by atoms with Crippen molar-refractivity contribution in [3.05, 3.63) is 71.0 Å². The van der Waals surface area contributed by atoms with Crippen molar-refractivity contribution in [3.8, 4) is 22.0 Å². The Balaban J connectivity index is 1.53. The van der Waals surface area contributed by atoms with Crippen molar-refractivity contribution in [3.63, 3.8) is 0 Å². The molecule has 2 aromatic carbocycles. The number of benzene rings is 2. The first-order chi connectivity index (χ1) is 13.3. The van der Waals surface area contributed by atoms with Gasteiger partial charge in [0.25, 0.3) is 0 Å². The molecule has 0 radical (unpaired) electrons. The molecule has 0 spiro atoms. The van der Waals surface area contributed by atoms with Crippen LogP contribution in [0.3, 0.4) is 0 Å². The Labute approximate surface area is 170 Å². The van der Waals surface area contributed by atoms with Crippen molar-refractivity contribution in [1.82, 2.24) is 19.7 Å². The van der Waals surface area contributed by atoms with Gasteiger partial charge < -0.3 is 4.74 Å². The summed E-state index contributed by atoms with van der Waals surface area (Å²) in [7, 11) is 1.65. The molecule has 8 heteroatoms. The van der Waals surface area contributed by atoms with Gasteiger partial charge in [0, 0.05) is 16.7 Å². The van der Waals surface area contributed by atoms with Crippen LogP contribution in [0, 0.1) is 0 Å². The van der Waals surface area contributed by atoms with Crippen molar-refractivity contribution in [2.45, 2.75) is 10.9 Å². The number of hydrogen-bond acceptors (Lipinski definition) is 6. The van der Waals surface area contributed by atoms with Crippen LogP contribution in [0.2, 0.25) is 5.02 Å². The van der Waals surface area contributed by atoms with Crippen LogP contribution in [0.4, 0.5) is 0 Å². The maximum absolute atomic E-state index is 6.27. The first kappa shape index (κ1) is 18.0. The summed E-state index contributed by atoms with van der Waals surface area (Å²) in [6.45, 7) is 0. The molecule has 4 aromatic rings. The summed E-state index contributed by atoms with van der Waals surface area (Å²) in [6, 6.07) is 15.5. The second kappa shape index (κ2) is 8.12. The smallest absolute Gasteiger partial charge is 0.196 e. The molecule has 0 fully saturated rings. The molecule has 2 aromatic heterocycles. The molecule has 0 saturated carbocycles. The summed E-state index contributed by atoms with van der Waals surface area (Å²) in [4.78, 5) is 4.71. The molecule has 5 nitrogen and oxygen atoms in total. The van der Waals surface area contributed by atoms with Gasteiger partial charge in [0.15, 0.2) is 5.16 Å². The molecule has 0 aliphatic heterocycles. The van der Waals surface area contributed by atoms with Crippen LogP contribution < -0.4 is 4.74 Å². The van der Waals surface area contributed by atoms with E-state index in [2.05, 4.69) is 15.6 Å². The number of nitrogens with zero attached hydrogens (tertiary/aromatic N) is 4. The quantitative estimate of drug-likeness (QED) is 0.398. The topological polar surface area (TPSA) is 52.8 Å². The first-order valence-corrected chi connectivity index (χ1v) is 10.4. The van der Waals surface area contributed by atoms with E-state index < -0.39 is 0 Å². The molecule has 27 heavy (non-hydrogen) atoms. The van der Waals surface area contributed by atoms with Gasteiger partial charge in [0.1, 0.15) is 17.1 Å². The number of halogens is 1. The minimum absolute atomic E-state index is 0.689. The maximum atomic E-state index is 6.27. The van der Waals surface area contributed by atoms with Gasteiger partial charge >= 0.3 is 0 Å². The van der Waals surface area contributed by atoms with E-state index in [0.29, 0.717) is 10.8 Å². The maximum Gasteiger partial charge on any atom is 0.196 e. The number of thioether (sulfide) groups is 1. The molecule has 0 saturated heterocycles. The lowest BCUT2D eigenvalue weighted by Crippen LogP contribution is -1.98. The highest BCUT2D eigenvalue weighted by Crippen LogP contribution is 2.32. The highest BCUT2D eigenvalue weighted by Gasteiger charge is 2.13. The second-order valence-corrected chi connectivity index (χ2v) is 7.78. The normalized spacial score (nSPS) is 10.9. The van der Waals surface area contributed by atoms with E-state index in [-0.39, 0.29) is 0 Å². The lowest BCUT2D eigenvalue weighted by atomic mass is 10.2. The SMILES string of the molecule is COc1ccccc1-n1cnnc1SCc1csc(-c2ccccc2Cl)n1. The van der Waals surface area contributed by atoms with Crippen molar-refractivity contribution in [2.24, 2.45) is 0 Å². The first-order valence-electron chi connectivity index (χ1n) is 8.12. The molecule has 2 heterocycles. The molecule has 0 unspecified atom stereocenters. The van der Waals surface area contributed by atoms with Crippen molar-refractivity contribution in [2.75, 3.05) is 7.11 Å². The fourth-order valence-electron chi connectivity index (χ4n) is 2.59. The fraction of sp³-hybridized carbons (Fsp3) is 0.105. The van der Waals surface area contributed by atoms with Gasteiger partial charge in [-0.25, -0.2) is 4.98 Å². The van der Waals surface area contributed by atoms with E-state index in [1.807, 2.05) is 53.1 Å². The van der Waals surface area contributed by atoms with Crippen LogP contribution in [0.1, 0.15) is 5.69 Å². The van der Waals surface area contributed by atoms with Crippen LogP contribution in [0.5, 0.6) is 5.75 Å². The zero-order chi connectivity index (χ0) is 18.6. The standard InChI is InChI=1S/C19H15ClN4OS2/c1-25-17-9-5-4-8-16(17)24-12-21-23-19(24)27-11-13-10-26-18(22-13)14-6-2-3-7-15(14)20/h2-10,12H,11H2,1H3. The summed E-state index contributed by atoms with van der Waals surface area (Å²) in [5, 5.41) is 12.8. The third kappa shape index (κ3) is 3.85. The third-order valence-electron chi connectivity index (χ3n) is 3.87. The Morgan fingerprint density at radius 1 is 1.15 bits per heavy atom.